The average molecular weight is 313 g/mol. The maximum atomic E-state index is 4.46. The van der Waals surface area contributed by atoms with Gasteiger partial charge in [-0.1, -0.05) is 24.3 Å². The molecule has 23 heavy (non-hydrogen) atoms. The molecule has 2 aromatic rings. The van der Waals surface area contributed by atoms with Gasteiger partial charge in [-0.2, -0.15) is 5.10 Å². The normalized spacial score (nSPS) is 11.6. The fraction of sp³-hybridized carbons (Fsp3) is 0.444. The summed E-state index contributed by atoms with van der Waals surface area (Å²) in [5.74, 6) is 0.826. The molecular formula is C18H27N5. The fourth-order valence-electron chi connectivity index (χ4n) is 2.69. The highest BCUT2D eigenvalue weighted by Crippen LogP contribution is 2.11. The minimum atomic E-state index is 0.775. The number of hydrogen-bond acceptors (Lipinski definition) is 2. The summed E-state index contributed by atoms with van der Waals surface area (Å²) in [6.07, 6.45) is 0.941. The van der Waals surface area contributed by atoms with E-state index in [0.717, 1.165) is 31.2 Å². The van der Waals surface area contributed by atoms with Crippen molar-refractivity contribution in [2.75, 3.05) is 13.6 Å². The Bertz CT molecular complexity index is 685. The molecule has 0 atom stereocenters. The molecule has 2 N–H and O–H groups in total. The summed E-state index contributed by atoms with van der Waals surface area (Å²) >= 11 is 0. The number of guanidine groups is 1. The molecule has 1 aromatic carbocycles. The number of benzene rings is 1. The minimum absolute atomic E-state index is 0.775. The lowest BCUT2D eigenvalue weighted by atomic mass is 10.1. The van der Waals surface area contributed by atoms with Gasteiger partial charge in [0.15, 0.2) is 5.96 Å². The summed E-state index contributed by atoms with van der Waals surface area (Å²) in [5.41, 5.74) is 6.22. The van der Waals surface area contributed by atoms with Crippen LogP contribution in [0.4, 0.5) is 0 Å². The van der Waals surface area contributed by atoms with E-state index in [2.05, 4.69) is 65.8 Å². The van der Waals surface area contributed by atoms with Crippen molar-refractivity contribution >= 4 is 5.96 Å². The van der Waals surface area contributed by atoms with Crippen LogP contribution >= 0.6 is 0 Å². The molecule has 0 aliphatic carbocycles. The van der Waals surface area contributed by atoms with Crippen LogP contribution in [0.5, 0.6) is 0 Å². The molecule has 0 amide bonds. The summed E-state index contributed by atoms with van der Waals surface area (Å²) in [5, 5.41) is 11.2. The number of rotatable bonds is 5. The molecule has 1 heterocycles. The first-order valence-electron chi connectivity index (χ1n) is 8.01. The zero-order chi connectivity index (χ0) is 16.8. The number of nitrogens with zero attached hydrogens (tertiary/aromatic N) is 3. The lowest BCUT2D eigenvalue weighted by Crippen LogP contribution is -2.38. The average Bonchev–Trinajstić information content (AvgIpc) is 2.78. The Morgan fingerprint density at radius 3 is 2.52 bits per heavy atom. The van der Waals surface area contributed by atoms with E-state index < -0.39 is 0 Å². The van der Waals surface area contributed by atoms with Crippen LogP contribution in [0, 0.1) is 20.8 Å². The molecule has 0 spiro atoms. The molecule has 0 bridgehead atoms. The van der Waals surface area contributed by atoms with Crippen molar-refractivity contribution < 1.29 is 0 Å². The van der Waals surface area contributed by atoms with Crippen LogP contribution < -0.4 is 10.6 Å². The van der Waals surface area contributed by atoms with Crippen LogP contribution in [0.3, 0.4) is 0 Å². The van der Waals surface area contributed by atoms with Gasteiger partial charge in [0.25, 0.3) is 0 Å². The predicted octanol–water partition coefficient (Wildman–Crippen LogP) is 2.25. The zero-order valence-electron chi connectivity index (χ0n) is 14.8. The van der Waals surface area contributed by atoms with Gasteiger partial charge in [0.2, 0.25) is 0 Å². The van der Waals surface area contributed by atoms with E-state index in [-0.39, 0.29) is 0 Å². The highest BCUT2D eigenvalue weighted by Gasteiger charge is 2.09. The van der Waals surface area contributed by atoms with Crippen molar-refractivity contribution in [1.29, 1.82) is 0 Å². The molecule has 1 aromatic heterocycles. The summed E-state index contributed by atoms with van der Waals surface area (Å²) in [6, 6.07) is 8.39. The van der Waals surface area contributed by atoms with Crippen molar-refractivity contribution in [3.05, 3.63) is 52.3 Å². The van der Waals surface area contributed by atoms with E-state index in [1.165, 1.54) is 22.4 Å². The number of nitrogens with one attached hydrogen (secondary N) is 2. The van der Waals surface area contributed by atoms with E-state index in [1.54, 1.807) is 7.05 Å². The van der Waals surface area contributed by atoms with Gasteiger partial charge in [-0.3, -0.25) is 9.67 Å². The van der Waals surface area contributed by atoms with Crippen LogP contribution in [0.25, 0.3) is 0 Å². The van der Waals surface area contributed by atoms with Crippen LogP contribution in [0.1, 0.15) is 28.1 Å². The van der Waals surface area contributed by atoms with Gasteiger partial charge in [0, 0.05) is 32.9 Å². The summed E-state index contributed by atoms with van der Waals surface area (Å²) < 4.78 is 1.94. The van der Waals surface area contributed by atoms with Gasteiger partial charge >= 0.3 is 0 Å². The van der Waals surface area contributed by atoms with Gasteiger partial charge in [0.1, 0.15) is 0 Å². The topological polar surface area (TPSA) is 54.2 Å². The number of aromatic nitrogens is 2. The first-order chi connectivity index (χ1) is 11.0. The predicted molar refractivity (Wildman–Crippen MR) is 95.8 cm³/mol. The molecule has 0 saturated carbocycles. The standard InChI is InChI=1S/C18H27N5/c1-13-8-6-7-9-16(13)12-21-18(19-4)20-11-10-17-14(2)22-23(5)15(17)3/h6-9H,10-12H2,1-5H3,(H2,19,20,21). The van der Waals surface area contributed by atoms with E-state index in [0.29, 0.717) is 0 Å². The minimum Gasteiger partial charge on any atom is -0.356 e. The molecule has 5 nitrogen and oxygen atoms in total. The van der Waals surface area contributed by atoms with Crippen LogP contribution in [-0.4, -0.2) is 29.3 Å². The second-order valence-electron chi connectivity index (χ2n) is 5.80. The lowest BCUT2D eigenvalue weighted by Gasteiger charge is -2.13. The smallest absolute Gasteiger partial charge is 0.191 e. The molecular weight excluding hydrogens is 286 g/mol. The Morgan fingerprint density at radius 2 is 1.91 bits per heavy atom. The molecule has 5 heteroatoms. The molecule has 0 aliphatic rings. The monoisotopic (exact) mass is 313 g/mol. The maximum absolute atomic E-state index is 4.46. The quantitative estimate of drug-likeness (QED) is 0.657. The summed E-state index contributed by atoms with van der Waals surface area (Å²) in [7, 11) is 3.79. The van der Waals surface area contributed by atoms with Gasteiger partial charge in [0.05, 0.1) is 5.69 Å². The van der Waals surface area contributed by atoms with Gasteiger partial charge in [-0.25, -0.2) is 0 Å². The lowest BCUT2D eigenvalue weighted by molar-refractivity contribution is 0.728. The van der Waals surface area contributed by atoms with Crippen molar-refractivity contribution in [2.24, 2.45) is 12.0 Å². The summed E-state index contributed by atoms with van der Waals surface area (Å²) in [6.45, 7) is 7.91. The molecule has 2 rings (SSSR count). The van der Waals surface area contributed by atoms with Crippen molar-refractivity contribution in [2.45, 2.75) is 33.7 Å². The Kier molecular flexibility index (Phi) is 5.79. The van der Waals surface area contributed by atoms with Crippen molar-refractivity contribution in [3.8, 4) is 0 Å². The highest BCUT2D eigenvalue weighted by molar-refractivity contribution is 5.79. The maximum Gasteiger partial charge on any atom is 0.191 e. The van der Waals surface area contributed by atoms with E-state index in [4.69, 9.17) is 0 Å². The van der Waals surface area contributed by atoms with Crippen LogP contribution in [-0.2, 0) is 20.0 Å². The molecule has 0 radical (unpaired) electrons. The number of aliphatic imine (C=N–C) groups is 1. The third kappa shape index (κ3) is 4.34. The second-order valence-corrected chi connectivity index (χ2v) is 5.80. The van der Waals surface area contributed by atoms with E-state index >= 15 is 0 Å². The zero-order valence-corrected chi connectivity index (χ0v) is 14.8. The third-order valence-corrected chi connectivity index (χ3v) is 4.26. The van der Waals surface area contributed by atoms with Gasteiger partial charge < -0.3 is 10.6 Å². The Labute approximate surface area is 138 Å². The van der Waals surface area contributed by atoms with Crippen LogP contribution in [0.15, 0.2) is 29.3 Å². The van der Waals surface area contributed by atoms with Crippen molar-refractivity contribution in [1.82, 2.24) is 20.4 Å². The second kappa shape index (κ2) is 7.81. The van der Waals surface area contributed by atoms with Crippen LogP contribution in [0.2, 0.25) is 0 Å². The molecule has 0 aliphatic heterocycles. The first kappa shape index (κ1) is 17.1. The fourth-order valence-corrected chi connectivity index (χ4v) is 2.69. The largest absolute Gasteiger partial charge is 0.356 e. The van der Waals surface area contributed by atoms with E-state index in [1.807, 2.05) is 11.7 Å². The number of hydrogen-bond donors (Lipinski definition) is 2. The third-order valence-electron chi connectivity index (χ3n) is 4.26. The van der Waals surface area contributed by atoms with Crippen molar-refractivity contribution in [3.63, 3.8) is 0 Å². The first-order valence-corrected chi connectivity index (χ1v) is 8.01. The molecule has 124 valence electrons. The Hall–Kier alpha value is -2.30. The molecule has 0 saturated heterocycles. The summed E-state index contributed by atoms with van der Waals surface area (Å²) in [4.78, 5) is 4.29. The Morgan fingerprint density at radius 1 is 1.17 bits per heavy atom. The molecule has 0 fully saturated rings. The number of aryl methyl sites for hydroxylation is 3. The Balaban J connectivity index is 1.85. The molecule has 0 unspecified atom stereocenters. The highest BCUT2D eigenvalue weighted by atomic mass is 15.3. The van der Waals surface area contributed by atoms with Gasteiger partial charge in [-0.15, -0.1) is 0 Å². The SMILES string of the molecule is CN=C(NCCc1c(C)nn(C)c1C)NCc1ccccc1C. The van der Waals surface area contributed by atoms with Gasteiger partial charge in [-0.05, 0) is 43.9 Å². The van der Waals surface area contributed by atoms with E-state index in [9.17, 15) is 0 Å².